The van der Waals surface area contributed by atoms with E-state index < -0.39 is 0 Å². The average Bonchev–Trinajstić information content (AvgIpc) is 2.30. The number of thiol groups is 1. The molecular weight excluding hydrogens is 208 g/mol. The van der Waals surface area contributed by atoms with E-state index in [-0.39, 0.29) is 0 Å². The number of hydrogen-bond donors (Lipinski definition) is 2. The van der Waals surface area contributed by atoms with Crippen LogP contribution < -0.4 is 10.2 Å². The van der Waals surface area contributed by atoms with E-state index >= 15 is 0 Å². The van der Waals surface area contributed by atoms with Crippen molar-refractivity contribution in [2.24, 2.45) is 0 Å². The molecule has 0 spiro atoms. The highest BCUT2D eigenvalue weighted by Crippen LogP contribution is 2.26. The van der Waals surface area contributed by atoms with Crippen LogP contribution in [0.1, 0.15) is 0 Å². The van der Waals surface area contributed by atoms with Crippen molar-refractivity contribution >= 4 is 24.0 Å². The Kier molecular flexibility index (Phi) is 3.38. The van der Waals surface area contributed by atoms with Gasteiger partial charge in [-0.3, -0.25) is 0 Å². The number of nitrogens with zero attached hydrogens (tertiary/aromatic N) is 1. The van der Waals surface area contributed by atoms with Crippen LogP contribution in [0.4, 0.5) is 11.4 Å². The first-order valence-corrected chi connectivity index (χ1v) is 5.59. The highest BCUT2D eigenvalue weighted by molar-refractivity contribution is 7.80. The number of rotatable bonds is 2. The van der Waals surface area contributed by atoms with Crippen molar-refractivity contribution in [1.82, 2.24) is 0 Å². The molecule has 0 aromatic heterocycles. The van der Waals surface area contributed by atoms with Gasteiger partial charge in [-0.15, -0.1) is 12.6 Å². The summed E-state index contributed by atoms with van der Waals surface area (Å²) in [6.45, 7) is 3.56. The van der Waals surface area contributed by atoms with E-state index in [2.05, 4.69) is 41.0 Å². The predicted octanol–water partition coefficient (Wildman–Crippen LogP) is 1.85. The van der Waals surface area contributed by atoms with Crippen LogP contribution in [0.15, 0.2) is 23.1 Å². The minimum absolute atomic E-state index is 0.815. The smallest absolute Gasteiger partial charge is 0.0642 e. The Morgan fingerprint density at radius 1 is 1.33 bits per heavy atom. The lowest BCUT2D eigenvalue weighted by Crippen LogP contribution is -2.36. The number of ether oxygens (including phenoxy) is 1. The quantitative estimate of drug-likeness (QED) is 0.750. The molecule has 1 aliphatic heterocycles. The van der Waals surface area contributed by atoms with E-state index in [0.717, 1.165) is 36.9 Å². The summed E-state index contributed by atoms with van der Waals surface area (Å²) in [5.74, 6) is 0. The lowest BCUT2D eigenvalue weighted by Gasteiger charge is -2.29. The van der Waals surface area contributed by atoms with Crippen LogP contribution >= 0.6 is 12.6 Å². The van der Waals surface area contributed by atoms with Gasteiger partial charge in [-0.25, -0.2) is 0 Å². The summed E-state index contributed by atoms with van der Waals surface area (Å²) in [6.07, 6.45) is 0. The number of nitrogens with one attached hydrogen (secondary N) is 1. The zero-order chi connectivity index (χ0) is 10.7. The summed E-state index contributed by atoms with van der Waals surface area (Å²) in [4.78, 5) is 3.31. The second-order valence-electron chi connectivity index (χ2n) is 3.55. The Morgan fingerprint density at radius 2 is 2.07 bits per heavy atom. The Labute approximate surface area is 95.8 Å². The van der Waals surface area contributed by atoms with Gasteiger partial charge in [-0.1, -0.05) is 0 Å². The standard InChI is InChI=1S/C11H16N2OS/c1-12-10-3-2-9(8-11(10)15)13-4-6-14-7-5-13/h2-3,8,12,15H,4-7H2,1H3. The molecule has 0 saturated carbocycles. The molecule has 1 N–H and O–H groups in total. The molecule has 1 aliphatic rings. The molecule has 0 aliphatic carbocycles. The zero-order valence-electron chi connectivity index (χ0n) is 8.86. The minimum Gasteiger partial charge on any atom is -0.387 e. The van der Waals surface area contributed by atoms with E-state index in [1.165, 1.54) is 5.69 Å². The average molecular weight is 224 g/mol. The van der Waals surface area contributed by atoms with Gasteiger partial charge in [-0.05, 0) is 18.2 Å². The number of benzene rings is 1. The Hall–Kier alpha value is -0.870. The molecule has 2 rings (SSSR count). The fourth-order valence-electron chi connectivity index (χ4n) is 1.75. The van der Waals surface area contributed by atoms with Crippen molar-refractivity contribution in [3.05, 3.63) is 18.2 Å². The third kappa shape index (κ3) is 2.38. The molecule has 1 aromatic carbocycles. The van der Waals surface area contributed by atoms with Gasteiger partial charge in [0.15, 0.2) is 0 Å². The molecule has 0 bridgehead atoms. The molecule has 4 heteroatoms. The maximum atomic E-state index is 5.32. The van der Waals surface area contributed by atoms with E-state index in [1.807, 2.05) is 7.05 Å². The van der Waals surface area contributed by atoms with Crippen molar-refractivity contribution in [2.75, 3.05) is 43.6 Å². The largest absolute Gasteiger partial charge is 0.387 e. The number of morpholine rings is 1. The van der Waals surface area contributed by atoms with Gasteiger partial charge in [0.2, 0.25) is 0 Å². The second kappa shape index (κ2) is 4.77. The fraction of sp³-hybridized carbons (Fsp3) is 0.455. The first kappa shape index (κ1) is 10.6. The minimum atomic E-state index is 0.815. The van der Waals surface area contributed by atoms with Crippen LogP contribution in [0.2, 0.25) is 0 Å². The third-order valence-electron chi connectivity index (χ3n) is 2.63. The van der Waals surface area contributed by atoms with Gasteiger partial charge in [0.1, 0.15) is 0 Å². The lowest BCUT2D eigenvalue weighted by molar-refractivity contribution is 0.122. The molecule has 1 fully saturated rings. The van der Waals surface area contributed by atoms with E-state index in [9.17, 15) is 0 Å². The van der Waals surface area contributed by atoms with Crippen LogP contribution in [0.25, 0.3) is 0 Å². The van der Waals surface area contributed by atoms with Crippen LogP contribution in [0.3, 0.4) is 0 Å². The molecule has 1 aromatic rings. The first-order chi connectivity index (χ1) is 7.31. The van der Waals surface area contributed by atoms with Crippen molar-refractivity contribution in [2.45, 2.75) is 4.90 Å². The monoisotopic (exact) mass is 224 g/mol. The lowest BCUT2D eigenvalue weighted by atomic mass is 10.2. The van der Waals surface area contributed by atoms with Gasteiger partial charge < -0.3 is 15.0 Å². The predicted molar refractivity (Wildman–Crippen MR) is 66.3 cm³/mol. The Morgan fingerprint density at radius 3 is 2.67 bits per heavy atom. The van der Waals surface area contributed by atoms with Gasteiger partial charge in [0, 0.05) is 36.4 Å². The van der Waals surface area contributed by atoms with Gasteiger partial charge >= 0.3 is 0 Å². The van der Waals surface area contributed by atoms with Crippen LogP contribution in [-0.2, 0) is 4.74 Å². The SMILES string of the molecule is CNc1ccc(N2CCOCC2)cc1S. The Balaban J connectivity index is 2.17. The topological polar surface area (TPSA) is 24.5 Å². The summed E-state index contributed by atoms with van der Waals surface area (Å²) < 4.78 is 5.32. The molecule has 1 heterocycles. The molecule has 0 radical (unpaired) electrons. The molecule has 1 saturated heterocycles. The molecule has 82 valence electrons. The van der Waals surface area contributed by atoms with Crippen LogP contribution in [0, 0.1) is 0 Å². The number of anilines is 2. The summed E-state index contributed by atoms with van der Waals surface area (Å²) in [6, 6.07) is 6.28. The third-order valence-corrected chi connectivity index (χ3v) is 3.00. The normalized spacial score (nSPS) is 16.5. The second-order valence-corrected chi connectivity index (χ2v) is 4.03. The van der Waals surface area contributed by atoms with E-state index in [1.54, 1.807) is 0 Å². The van der Waals surface area contributed by atoms with E-state index in [4.69, 9.17) is 4.74 Å². The van der Waals surface area contributed by atoms with Gasteiger partial charge in [-0.2, -0.15) is 0 Å². The molecule has 3 nitrogen and oxygen atoms in total. The summed E-state index contributed by atoms with van der Waals surface area (Å²) in [5, 5.41) is 3.11. The van der Waals surface area contributed by atoms with Crippen LogP contribution in [0.5, 0.6) is 0 Å². The summed E-state index contributed by atoms with van der Waals surface area (Å²) in [5.41, 5.74) is 2.29. The molecular formula is C11H16N2OS. The van der Waals surface area contributed by atoms with Crippen molar-refractivity contribution < 1.29 is 4.74 Å². The Bertz CT molecular complexity index is 337. The molecule has 0 atom stereocenters. The first-order valence-electron chi connectivity index (χ1n) is 5.15. The van der Waals surface area contributed by atoms with Crippen molar-refractivity contribution in [3.63, 3.8) is 0 Å². The highest BCUT2D eigenvalue weighted by Gasteiger charge is 2.11. The van der Waals surface area contributed by atoms with Gasteiger partial charge in [0.25, 0.3) is 0 Å². The highest BCUT2D eigenvalue weighted by atomic mass is 32.1. The van der Waals surface area contributed by atoms with Crippen molar-refractivity contribution in [3.8, 4) is 0 Å². The molecule has 0 amide bonds. The van der Waals surface area contributed by atoms with Crippen molar-refractivity contribution in [1.29, 1.82) is 0 Å². The molecule has 15 heavy (non-hydrogen) atoms. The van der Waals surface area contributed by atoms with Gasteiger partial charge in [0.05, 0.1) is 13.2 Å². The van der Waals surface area contributed by atoms with Crippen LogP contribution in [-0.4, -0.2) is 33.4 Å². The zero-order valence-corrected chi connectivity index (χ0v) is 9.76. The summed E-state index contributed by atoms with van der Waals surface area (Å²) in [7, 11) is 1.91. The maximum absolute atomic E-state index is 5.32. The van der Waals surface area contributed by atoms with E-state index in [0.29, 0.717) is 0 Å². The molecule has 0 unspecified atom stereocenters. The fourth-order valence-corrected chi connectivity index (χ4v) is 2.07. The maximum Gasteiger partial charge on any atom is 0.0642 e. The summed E-state index contributed by atoms with van der Waals surface area (Å²) >= 11 is 4.45. The number of hydrogen-bond acceptors (Lipinski definition) is 4.